The molecule has 0 aromatic rings. The summed E-state index contributed by atoms with van der Waals surface area (Å²) in [5.41, 5.74) is 2.58. The highest BCUT2D eigenvalue weighted by atomic mass is 16.5. The number of ether oxygens (including phenoxy) is 1. The molecule has 0 spiro atoms. The Morgan fingerprint density at radius 3 is 2.87 bits per heavy atom. The van der Waals surface area contributed by atoms with Gasteiger partial charge in [-0.2, -0.15) is 0 Å². The first-order valence-electron chi connectivity index (χ1n) is 9.88. The van der Waals surface area contributed by atoms with Crippen molar-refractivity contribution in [2.45, 2.75) is 78.1 Å². The molecule has 0 bridgehead atoms. The maximum Gasteiger partial charge on any atom is 0.302 e. The average Bonchev–Trinajstić information content (AvgIpc) is 2.97. The zero-order valence-electron chi connectivity index (χ0n) is 14.9. The highest BCUT2D eigenvalue weighted by Crippen LogP contribution is 2.64. The van der Waals surface area contributed by atoms with E-state index < -0.39 is 0 Å². The van der Waals surface area contributed by atoms with Gasteiger partial charge in [0.2, 0.25) is 0 Å². The molecule has 0 aliphatic heterocycles. The van der Waals surface area contributed by atoms with Crippen LogP contribution in [0, 0.1) is 28.6 Å². The van der Waals surface area contributed by atoms with Crippen LogP contribution < -0.4 is 0 Å². The molecule has 2 heteroatoms. The fourth-order valence-corrected chi connectivity index (χ4v) is 6.99. The third-order valence-corrected chi connectivity index (χ3v) is 8.11. The standard InChI is InChI=1S/C21H32O2/c1-15(22)23-14-21-12-5-7-19(21)17-9-8-16-6-3-4-11-20(16,2)18(17)10-13-21/h8,17-19H,3-7,9-14H2,1-2H3/t17-,18+,19+,20+,21+/m1/s1. The Kier molecular flexibility index (Phi) is 3.85. The van der Waals surface area contributed by atoms with Crippen molar-refractivity contribution in [3.63, 3.8) is 0 Å². The van der Waals surface area contributed by atoms with Crippen molar-refractivity contribution in [3.8, 4) is 0 Å². The predicted octanol–water partition coefficient (Wildman–Crippen LogP) is 5.27. The van der Waals surface area contributed by atoms with Gasteiger partial charge in [-0.25, -0.2) is 0 Å². The fraction of sp³-hybridized carbons (Fsp3) is 0.857. The van der Waals surface area contributed by atoms with Gasteiger partial charge in [0, 0.05) is 12.3 Å². The average molecular weight is 316 g/mol. The third-order valence-electron chi connectivity index (χ3n) is 8.11. The number of hydrogen-bond acceptors (Lipinski definition) is 2. The minimum absolute atomic E-state index is 0.0998. The summed E-state index contributed by atoms with van der Waals surface area (Å²) in [6.45, 7) is 4.82. The minimum atomic E-state index is -0.0998. The van der Waals surface area contributed by atoms with E-state index in [2.05, 4.69) is 13.0 Å². The normalized spacial score (nSPS) is 45.5. The number of rotatable bonds is 2. The van der Waals surface area contributed by atoms with Crippen LogP contribution in [0.2, 0.25) is 0 Å². The van der Waals surface area contributed by atoms with Gasteiger partial charge < -0.3 is 4.74 Å². The van der Waals surface area contributed by atoms with E-state index in [1.807, 2.05) is 0 Å². The minimum Gasteiger partial charge on any atom is -0.465 e. The van der Waals surface area contributed by atoms with Crippen molar-refractivity contribution < 1.29 is 9.53 Å². The van der Waals surface area contributed by atoms with E-state index in [0.29, 0.717) is 17.4 Å². The Bertz CT molecular complexity index is 522. The first kappa shape index (κ1) is 15.7. The van der Waals surface area contributed by atoms with E-state index in [9.17, 15) is 4.79 Å². The zero-order valence-corrected chi connectivity index (χ0v) is 14.9. The van der Waals surface area contributed by atoms with Gasteiger partial charge in [0.15, 0.2) is 0 Å². The van der Waals surface area contributed by atoms with Crippen molar-refractivity contribution in [1.29, 1.82) is 0 Å². The van der Waals surface area contributed by atoms with E-state index in [1.54, 1.807) is 12.5 Å². The lowest BCUT2D eigenvalue weighted by atomic mass is 9.48. The highest BCUT2D eigenvalue weighted by Gasteiger charge is 2.57. The second kappa shape index (κ2) is 5.63. The van der Waals surface area contributed by atoms with E-state index >= 15 is 0 Å². The molecule has 0 radical (unpaired) electrons. The number of esters is 1. The molecule has 0 amide bonds. The number of carbonyl (C=O) groups is 1. The predicted molar refractivity (Wildman–Crippen MR) is 91.9 cm³/mol. The quantitative estimate of drug-likeness (QED) is 0.512. The fourth-order valence-electron chi connectivity index (χ4n) is 6.99. The van der Waals surface area contributed by atoms with Gasteiger partial charge in [-0.15, -0.1) is 0 Å². The van der Waals surface area contributed by atoms with Gasteiger partial charge in [0.05, 0.1) is 6.61 Å². The van der Waals surface area contributed by atoms with Crippen LogP contribution in [0.15, 0.2) is 11.6 Å². The molecule has 0 unspecified atom stereocenters. The smallest absolute Gasteiger partial charge is 0.302 e. The highest BCUT2D eigenvalue weighted by molar-refractivity contribution is 5.65. The Balaban J connectivity index is 1.61. The summed E-state index contributed by atoms with van der Waals surface area (Å²) in [5.74, 6) is 2.42. The van der Waals surface area contributed by atoms with Crippen LogP contribution in [-0.2, 0) is 9.53 Å². The Morgan fingerprint density at radius 1 is 1.17 bits per heavy atom. The van der Waals surface area contributed by atoms with Crippen molar-refractivity contribution >= 4 is 5.97 Å². The Labute approximate surface area is 141 Å². The molecule has 0 heterocycles. The van der Waals surface area contributed by atoms with Gasteiger partial charge in [-0.05, 0) is 74.5 Å². The van der Waals surface area contributed by atoms with Crippen LogP contribution in [0.4, 0.5) is 0 Å². The van der Waals surface area contributed by atoms with Gasteiger partial charge >= 0.3 is 5.97 Å². The third kappa shape index (κ3) is 2.39. The summed E-state index contributed by atoms with van der Waals surface area (Å²) in [6.07, 6.45) is 16.1. The molecular formula is C21H32O2. The lowest BCUT2D eigenvalue weighted by Crippen LogP contribution is -2.50. The van der Waals surface area contributed by atoms with Crippen LogP contribution in [0.5, 0.6) is 0 Å². The maximum absolute atomic E-state index is 11.4. The van der Waals surface area contributed by atoms with E-state index in [0.717, 1.165) is 17.8 Å². The van der Waals surface area contributed by atoms with Gasteiger partial charge in [-0.3, -0.25) is 4.79 Å². The summed E-state index contributed by atoms with van der Waals surface area (Å²) in [4.78, 5) is 11.4. The summed E-state index contributed by atoms with van der Waals surface area (Å²) >= 11 is 0. The van der Waals surface area contributed by atoms with E-state index in [-0.39, 0.29) is 5.97 Å². The molecule has 0 aromatic heterocycles. The van der Waals surface area contributed by atoms with Gasteiger partial charge in [0.25, 0.3) is 0 Å². The Hall–Kier alpha value is -0.790. The molecule has 128 valence electrons. The number of hydrogen-bond donors (Lipinski definition) is 0. The van der Waals surface area contributed by atoms with Crippen molar-refractivity contribution in [3.05, 3.63) is 11.6 Å². The molecule has 0 saturated heterocycles. The van der Waals surface area contributed by atoms with Gasteiger partial charge in [0.1, 0.15) is 0 Å². The lowest BCUT2D eigenvalue weighted by Gasteiger charge is -2.57. The zero-order chi connectivity index (χ0) is 16.1. The molecule has 23 heavy (non-hydrogen) atoms. The summed E-state index contributed by atoms with van der Waals surface area (Å²) in [5, 5.41) is 0. The lowest BCUT2D eigenvalue weighted by molar-refractivity contribution is -0.149. The van der Waals surface area contributed by atoms with Crippen LogP contribution in [0.25, 0.3) is 0 Å². The summed E-state index contributed by atoms with van der Waals surface area (Å²) in [7, 11) is 0. The van der Waals surface area contributed by atoms with Crippen molar-refractivity contribution in [1.82, 2.24) is 0 Å². The van der Waals surface area contributed by atoms with E-state index in [4.69, 9.17) is 4.74 Å². The molecule has 5 atom stereocenters. The maximum atomic E-state index is 11.4. The van der Waals surface area contributed by atoms with Gasteiger partial charge in [-0.1, -0.05) is 31.4 Å². The molecule has 2 nitrogen and oxygen atoms in total. The number of carbonyl (C=O) groups excluding carboxylic acids is 1. The van der Waals surface area contributed by atoms with Crippen LogP contribution in [0.3, 0.4) is 0 Å². The second-order valence-corrected chi connectivity index (χ2v) is 9.04. The topological polar surface area (TPSA) is 26.3 Å². The number of allylic oxidation sites excluding steroid dienone is 2. The molecule has 3 fully saturated rings. The van der Waals surface area contributed by atoms with Crippen LogP contribution >= 0.6 is 0 Å². The first-order valence-corrected chi connectivity index (χ1v) is 9.88. The number of fused-ring (bicyclic) bond motifs is 5. The molecule has 4 aliphatic carbocycles. The Morgan fingerprint density at radius 2 is 2.04 bits per heavy atom. The molecule has 0 N–H and O–H groups in total. The van der Waals surface area contributed by atoms with E-state index in [1.165, 1.54) is 64.2 Å². The first-order chi connectivity index (χ1) is 11.1. The molecule has 4 aliphatic rings. The largest absolute Gasteiger partial charge is 0.465 e. The SMILES string of the molecule is CC(=O)OC[C@@]12CCC[C@H]1[C@@H]1CC=C3CCCC[C@]3(C)[C@H]1CC2. The van der Waals surface area contributed by atoms with Crippen molar-refractivity contribution in [2.24, 2.45) is 28.6 Å². The van der Waals surface area contributed by atoms with Crippen molar-refractivity contribution in [2.75, 3.05) is 6.61 Å². The second-order valence-electron chi connectivity index (χ2n) is 9.04. The van der Waals surface area contributed by atoms with Crippen LogP contribution in [0.1, 0.15) is 78.1 Å². The molecule has 4 rings (SSSR count). The summed E-state index contributed by atoms with van der Waals surface area (Å²) in [6, 6.07) is 0. The molecular weight excluding hydrogens is 284 g/mol. The molecule has 3 saturated carbocycles. The summed E-state index contributed by atoms with van der Waals surface area (Å²) < 4.78 is 5.54. The van der Waals surface area contributed by atoms with Crippen LogP contribution in [-0.4, -0.2) is 12.6 Å². The monoisotopic (exact) mass is 316 g/mol. The molecule has 0 aromatic carbocycles.